The standard InChI is InChI=1S/C22H33N3O6/c1-15-13-18(23-25(15)17-9-5-4-6-10-17)28-12-8-7-11-24-14-16(2)30-22(3)21(24)29-19(26)20(27)31-22/h13,16-17,21H,4-12,14H2,1-3H3. The number of aromatic nitrogens is 2. The number of ether oxygens (including phenoxy) is 4. The molecule has 3 heterocycles. The zero-order valence-corrected chi connectivity index (χ0v) is 18.7. The zero-order valence-electron chi connectivity index (χ0n) is 18.7. The summed E-state index contributed by atoms with van der Waals surface area (Å²) in [7, 11) is 0. The molecule has 31 heavy (non-hydrogen) atoms. The molecule has 9 heteroatoms. The average molecular weight is 436 g/mol. The highest BCUT2D eigenvalue weighted by Crippen LogP contribution is 2.34. The number of carbonyl (C=O) groups excluding carboxylic acids is 2. The molecule has 3 unspecified atom stereocenters. The Labute approximate surface area is 182 Å². The Morgan fingerprint density at radius 3 is 2.74 bits per heavy atom. The zero-order chi connectivity index (χ0) is 22.0. The Balaban J connectivity index is 1.25. The van der Waals surface area contributed by atoms with Crippen LogP contribution in [0.15, 0.2) is 6.07 Å². The summed E-state index contributed by atoms with van der Waals surface area (Å²) < 4.78 is 24.3. The predicted octanol–water partition coefficient (Wildman–Crippen LogP) is 2.72. The molecule has 0 spiro atoms. The van der Waals surface area contributed by atoms with Crippen LogP contribution in [0.25, 0.3) is 0 Å². The minimum atomic E-state index is -1.28. The summed E-state index contributed by atoms with van der Waals surface area (Å²) in [5.41, 5.74) is 1.15. The number of morpholine rings is 1. The van der Waals surface area contributed by atoms with E-state index in [1.807, 2.05) is 17.9 Å². The van der Waals surface area contributed by atoms with E-state index in [2.05, 4.69) is 16.7 Å². The Kier molecular flexibility index (Phi) is 6.52. The highest BCUT2D eigenvalue weighted by molar-refractivity contribution is 6.30. The van der Waals surface area contributed by atoms with Crippen molar-refractivity contribution in [3.63, 3.8) is 0 Å². The quantitative estimate of drug-likeness (QED) is 0.367. The van der Waals surface area contributed by atoms with Crippen LogP contribution in [-0.4, -0.2) is 64.4 Å². The second kappa shape index (κ2) is 9.16. The number of nitrogens with zero attached hydrogens (tertiary/aromatic N) is 3. The Morgan fingerprint density at radius 1 is 1.19 bits per heavy atom. The van der Waals surface area contributed by atoms with Gasteiger partial charge in [-0.1, -0.05) is 19.3 Å². The van der Waals surface area contributed by atoms with Crippen molar-refractivity contribution in [2.75, 3.05) is 19.7 Å². The summed E-state index contributed by atoms with van der Waals surface area (Å²) >= 11 is 0. The van der Waals surface area contributed by atoms with Crippen molar-refractivity contribution >= 4 is 11.9 Å². The fraction of sp³-hybridized carbons (Fsp3) is 0.773. The summed E-state index contributed by atoms with van der Waals surface area (Å²) in [6.07, 6.45) is 7.05. The minimum Gasteiger partial charge on any atom is -0.477 e. The molecule has 4 rings (SSSR count). The Hall–Kier alpha value is -2.13. The van der Waals surface area contributed by atoms with Crippen molar-refractivity contribution in [1.82, 2.24) is 14.7 Å². The molecule has 2 saturated heterocycles. The van der Waals surface area contributed by atoms with Crippen molar-refractivity contribution in [2.45, 2.75) is 89.9 Å². The summed E-state index contributed by atoms with van der Waals surface area (Å²) in [6.45, 7) is 7.47. The van der Waals surface area contributed by atoms with Crippen LogP contribution in [0.5, 0.6) is 5.88 Å². The van der Waals surface area contributed by atoms with E-state index in [0.717, 1.165) is 18.5 Å². The van der Waals surface area contributed by atoms with Crippen LogP contribution in [0.1, 0.15) is 70.5 Å². The molecule has 1 aromatic heterocycles. The molecule has 1 saturated carbocycles. The number of rotatable bonds is 7. The lowest BCUT2D eigenvalue weighted by Gasteiger charge is -2.49. The van der Waals surface area contributed by atoms with Crippen molar-refractivity contribution in [3.8, 4) is 5.88 Å². The van der Waals surface area contributed by atoms with Crippen LogP contribution in [0, 0.1) is 6.92 Å². The number of aryl methyl sites for hydroxylation is 1. The third kappa shape index (κ3) is 4.87. The maximum Gasteiger partial charge on any atom is 0.420 e. The Bertz CT molecular complexity index is 805. The highest BCUT2D eigenvalue weighted by atomic mass is 16.8. The van der Waals surface area contributed by atoms with E-state index in [1.165, 1.54) is 32.1 Å². The lowest BCUT2D eigenvalue weighted by Crippen LogP contribution is -2.67. The van der Waals surface area contributed by atoms with Crippen molar-refractivity contribution in [3.05, 3.63) is 11.8 Å². The maximum atomic E-state index is 11.7. The summed E-state index contributed by atoms with van der Waals surface area (Å²) in [4.78, 5) is 25.3. The van der Waals surface area contributed by atoms with Gasteiger partial charge in [-0.25, -0.2) is 9.59 Å². The van der Waals surface area contributed by atoms with Gasteiger partial charge in [-0.05, 0) is 39.5 Å². The van der Waals surface area contributed by atoms with Crippen LogP contribution in [0.4, 0.5) is 0 Å². The first kappa shape index (κ1) is 22.1. The molecule has 0 N–H and O–H groups in total. The van der Waals surface area contributed by atoms with E-state index in [1.54, 1.807) is 6.92 Å². The van der Waals surface area contributed by atoms with Gasteiger partial charge in [0.15, 0.2) is 0 Å². The first-order chi connectivity index (χ1) is 14.9. The summed E-state index contributed by atoms with van der Waals surface area (Å²) in [5, 5.41) is 4.67. The predicted molar refractivity (Wildman–Crippen MR) is 110 cm³/mol. The van der Waals surface area contributed by atoms with Crippen molar-refractivity contribution < 1.29 is 28.5 Å². The topological polar surface area (TPSA) is 92.1 Å². The van der Waals surface area contributed by atoms with Gasteiger partial charge < -0.3 is 18.9 Å². The van der Waals surface area contributed by atoms with E-state index in [0.29, 0.717) is 31.6 Å². The lowest BCUT2D eigenvalue weighted by molar-refractivity contribution is -0.346. The number of hydrogen-bond acceptors (Lipinski definition) is 8. The van der Waals surface area contributed by atoms with Crippen LogP contribution in [0.3, 0.4) is 0 Å². The number of hydrogen-bond donors (Lipinski definition) is 0. The van der Waals surface area contributed by atoms with E-state index >= 15 is 0 Å². The van der Waals surface area contributed by atoms with Gasteiger partial charge in [-0.15, -0.1) is 5.10 Å². The van der Waals surface area contributed by atoms with E-state index in [4.69, 9.17) is 18.9 Å². The molecule has 3 aliphatic rings. The molecular weight excluding hydrogens is 402 g/mol. The van der Waals surface area contributed by atoms with Crippen LogP contribution in [-0.2, 0) is 23.8 Å². The normalized spacial score (nSPS) is 29.9. The lowest BCUT2D eigenvalue weighted by atomic mass is 9.95. The third-order valence-electron chi connectivity index (χ3n) is 6.30. The van der Waals surface area contributed by atoms with Gasteiger partial charge in [0.25, 0.3) is 5.79 Å². The first-order valence-electron chi connectivity index (χ1n) is 11.4. The first-order valence-corrected chi connectivity index (χ1v) is 11.4. The number of unbranched alkanes of at least 4 members (excludes halogenated alkanes) is 1. The van der Waals surface area contributed by atoms with Gasteiger partial charge >= 0.3 is 11.9 Å². The monoisotopic (exact) mass is 435 g/mol. The van der Waals surface area contributed by atoms with E-state index < -0.39 is 24.0 Å². The fourth-order valence-corrected chi connectivity index (χ4v) is 4.91. The highest BCUT2D eigenvalue weighted by Gasteiger charge is 2.55. The number of fused-ring (bicyclic) bond motifs is 1. The van der Waals surface area contributed by atoms with Gasteiger partial charge in [0.05, 0.1) is 18.8 Å². The van der Waals surface area contributed by atoms with Crippen molar-refractivity contribution in [2.24, 2.45) is 0 Å². The maximum absolute atomic E-state index is 11.7. The minimum absolute atomic E-state index is 0.145. The SMILES string of the molecule is Cc1cc(OCCCCN2CC(C)OC3(C)OC(=O)C(=O)OC23)nn1C1CCCCC1. The van der Waals surface area contributed by atoms with Crippen molar-refractivity contribution in [1.29, 1.82) is 0 Å². The Morgan fingerprint density at radius 2 is 1.97 bits per heavy atom. The molecule has 0 radical (unpaired) electrons. The molecule has 3 fully saturated rings. The second-order valence-electron chi connectivity index (χ2n) is 9.00. The molecule has 0 aromatic carbocycles. The van der Waals surface area contributed by atoms with Crippen LogP contribution in [0.2, 0.25) is 0 Å². The van der Waals surface area contributed by atoms with Gasteiger partial charge in [0.2, 0.25) is 12.1 Å². The van der Waals surface area contributed by atoms with Gasteiger partial charge in [-0.2, -0.15) is 0 Å². The molecule has 1 aliphatic carbocycles. The number of carbonyl (C=O) groups is 2. The summed E-state index contributed by atoms with van der Waals surface area (Å²) in [6, 6.07) is 2.51. The molecule has 9 nitrogen and oxygen atoms in total. The van der Waals surface area contributed by atoms with E-state index in [9.17, 15) is 9.59 Å². The summed E-state index contributed by atoms with van der Waals surface area (Å²) in [5.74, 6) is -2.58. The van der Waals surface area contributed by atoms with E-state index in [-0.39, 0.29) is 6.10 Å². The van der Waals surface area contributed by atoms with Gasteiger partial charge in [0.1, 0.15) is 0 Å². The largest absolute Gasteiger partial charge is 0.477 e. The second-order valence-corrected chi connectivity index (χ2v) is 9.00. The van der Waals surface area contributed by atoms with Gasteiger partial charge in [0, 0.05) is 31.8 Å². The molecule has 1 aromatic rings. The molecule has 2 aliphatic heterocycles. The van der Waals surface area contributed by atoms with Crippen LogP contribution >= 0.6 is 0 Å². The van der Waals surface area contributed by atoms with Crippen LogP contribution < -0.4 is 4.74 Å². The third-order valence-corrected chi connectivity index (χ3v) is 6.30. The van der Waals surface area contributed by atoms with Gasteiger partial charge in [-0.3, -0.25) is 9.58 Å². The average Bonchev–Trinajstić information content (AvgIpc) is 3.10. The molecule has 3 atom stereocenters. The molecular formula is C22H33N3O6. The molecule has 0 amide bonds. The smallest absolute Gasteiger partial charge is 0.420 e. The molecule has 172 valence electrons. The molecule has 0 bridgehead atoms. The number of esters is 2. The fourth-order valence-electron chi connectivity index (χ4n) is 4.91.